The summed E-state index contributed by atoms with van der Waals surface area (Å²) in [5.74, 6) is 0.167. The normalized spacial score (nSPS) is 11.8. The summed E-state index contributed by atoms with van der Waals surface area (Å²) in [6, 6.07) is 6.76. The maximum Gasteiger partial charge on any atom is 0.299 e. The maximum absolute atomic E-state index is 12.5. The first-order valence-corrected chi connectivity index (χ1v) is 8.76. The zero-order valence-electron chi connectivity index (χ0n) is 12.9. The van der Waals surface area contributed by atoms with E-state index < -0.39 is 10.0 Å². The van der Waals surface area contributed by atoms with Crippen LogP contribution >= 0.6 is 11.6 Å². The second kappa shape index (κ2) is 6.34. The van der Waals surface area contributed by atoms with Crippen molar-refractivity contribution in [2.24, 2.45) is 0 Å². The number of ether oxygens (including phenoxy) is 1. The van der Waals surface area contributed by atoms with Gasteiger partial charge in [-0.2, -0.15) is 13.4 Å². The number of nitrogens with one attached hydrogen (secondary N) is 1. The Morgan fingerprint density at radius 2 is 2.08 bits per heavy atom. The first-order valence-electron chi connectivity index (χ1n) is 6.90. The van der Waals surface area contributed by atoms with Gasteiger partial charge in [0.15, 0.2) is 0 Å². The molecule has 0 aliphatic heterocycles. The summed E-state index contributed by atoms with van der Waals surface area (Å²) in [7, 11) is -2.45. The SMILES string of the molecule is COCc1ccn2nc(S(=O)(=O)Nc3c(C)cccc3Cl)nc2n1. The molecule has 0 atom stereocenters. The van der Waals surface area contributed by atoms with Gasteiger partial charge >= 0.3 is 0 Å². The number of aryl methyl sites for hydroxylation is 1. The molecule has 0 aliphatic rings. The third-order valence-electron chi connectivity index (χ3n) is 3.24. The van der Waals surface area contributed by atoms with Gasteiger partial charge in [0.2, 0.25) is 0 Å². The first kappa shape index (κ1) is 16.6. The Kier molecular flexibility index (Phi) is 4.39. The molecule has 24 heavy (non-hydrogen) atoms. The van der Waals surface area contributed by atoms with Crippen LogP contribution in [0.2, 0.25) is 5.02 Å². The van der Waals surface area contributed by atoms with Crippen molar-refractivity contribution in [3.05, 3.63) is 46.7 Å². The number of sulfonamides is 1. The van der Waals surface area contributed by atoms with Crippen LogP contribution in [-0.2, 0) is 21.4 Å². The van der Waals surface area contributed by atoms with E-state index in [9.17, 15) is 8.42 Å². The smallest absolute Gasteiger partial charge is 0.299 e. The van der Waals surface area contributed by atoms with Crippen LogP contribution in [0.1, 0.15) is 11.3 Å². The fourth-order valence-corrected chi connectivity index (χ4v) is 3.43. The van der Waals surface area contributed by atoms with E-state index in [-0.39, 0.29) is 10.9 Å². The van der Waals surface area contributed by atoms with Gasteiger partial charge in [0.25, 0.3) is 21.0 Å². The molecule has 0 saturated heterocycles. The minimum atomic E-state index is -3.99. The van der Waals surface area contributed by atoms with Crippen LogP contribution < -0.4 is 4.72 Å². The molecular formula is C14H14ClN5O3S. The van der Waals surface area contributed by atoms with Crippen molar-refractivity contribution >= 4 is 33.1 Å². The first-order chi connectivity index (χ1) is 11.4. The van der Waals surface area contributed by atoms with E-state index in [4.69, 9.17) is 16.3 Å². The summed E-state index contributed by atoms with van der Waals surface area (Å²) in [5, 5.41) is 3.86. The fourth-order valence-electron chi connectivity index (χ4n) is 2.08. The van der Waals surface area contributed by atoms with Crippen LogP contribution in [0.5, 0.6) is 0 Å². The molecular weight excluding hydrogens is 354 g/mol. The molecule has 0 unspecified atom stereocenters. The average Bonchev–Trinajstić information content (AvgIpc) is 2.96. The molecule has 1 aromatic carbocycles. The van der Waals surface area contributed by atoms with Crippen LogP contribution in [-0.4, -0.2) is 35.1 Å². The summed E-state index contributed by atoms with van der Waals surface area (Å²) in [6.45, 7) is 2.04. The lowest BCUT2D eigenvalue weighted by Gasteiger charge is -2.09. The zero-order valence-corrected chi connectivity index (χ0v) is 14.5. The van der Waals surface area contributed by atoms with Gasteiger partial charge in [-0.15, -0.1) is 5.10 Å². The van der Waals surface area contributed by atoms with E-state index in [1.54, 1.807) is 44.5 Å². The molecule has 0 spiro atoms. The number of methoxy groups -OCH3 is 1. The van der Waals surface area contributed by atoms with E-state index in [1.807, 2.05) is 0 Å². The van der Waals surface area contributed by atoms with Crippen molar-refractivity contribution in [2.45, 2.75) is 18.7 Å². The molecule has 0 saturated carbocycles. The van der Waals surface area contributed by atoms with Gasteiger partial charge in [0.1, 0.15) is 0 Å². The Hall–Kier alpha value is -2.23. The standard InChI is InChI=1S/C14H14ClN5O3S/c1-9-4-3-5-11(15)12(9)19-24(21,22)14-17-13-16-10(8-23-2)6-7-20(13)18-14/h3-7,19H,8H2,1-2H3. The number of halogens is 1. The van der Waals surface area contributed by atoms with E-state index >= 15 is 0 Å². The number of hydrogen-bond acceptors (Lipinski definition) is 6. The summed E-state index contributed by atoms with van der Waals surface area (Å²) in [6.07, 6.45) is 1.57. The Bertz CT molecular complexity index is 983. The van der Waals surface area contributed by atoms with E-state index in [1.165, 1.54) is 4.52 Å². The van der Waals surface area contributed by atoms with Gasteiger partial charge in [-0.3, -0.25) is 4.72 Å². The highest BCUT2D eigenvalue weighted by Crippen LogP contribution is 2.27. The minimum absolute atomic E-state index is 0.167. The van der Waals surface area contributed by atoms with Gasteiger partial charge in [-0.05, 0) is 24.6 Å². The Labute approximate surface area is 143 Å². The van der Waals surface area contributed by atoms with Crippen LogP contribution in [0.25, 0.3) is 5.78 Å². The molecule has 10 heteroatoms. The van der Waals surface area contributed by atoms with Crippen molar-refractivity contribution in [3.8, 4) is 0 Å². The summed E-state index contributed by atoms with van der Waals surface area (Å²) >= 11 is 6.06. The van der Waals surface area contributed by atoms with Crippen LogP contribution in [0.4, 0.5) is 5.69 Å². The highest BCUT2D eigenvalue weighted by Gasteiger charge is 2.23. The molecule has 0 aliphatic carbocycles. The Morgan fingerprint density at radius 1 is 1.29 bits per heavy atom. The average molecular weight is 368 g/mol. The van der Waals surface area contributed by atoms with Crippen LogP contribution in [0.15, 0.2) is 35.6 Å². The van der Waals surface area contributed by atoms with Crippen molar-refractivity contribution in [3.63, 3.8) is 0 Å². The quantitative estimate of drug-likeness (QED) is 0.740. The Morgan fingerprint density at radius 3 is 2.79 bits per heavy atom. The third kappa shape index (κ3) is 3.18. The number of para-hydroxylation sites is 1. The molecule has 1 N–H and O–H groups in total. The molecule has 2 heterocycles. The largest absolute Gasteiger partial charge is 0.378 e. The summed E-state index contributed by atoms with van der Waals surface area (Å²) < 4.78 is 33.7. The lowest BCUT2D eigenvalue weighted by Crippen LogP contribution is -2.15. The van der Waals surface area contributed by atoms with Crippen molar-refractivity contribution in [2.75, 3.05) is 11.8 Å². The number of aromatic nitrogens is 4. The molecule has 3 aromatic rings. The zero-order chi connectivity index (χ0) is 17.3. The molecule has 2 aromatic heterocycles. The Balaban J connectivity index is 1.99. The van der Waals surface area contributed by atoms with Gasteiger partial charge < -0.3 is 4.74 Å². The predicted octanol–water partition coefficient (Wildman–Crippen LogP) is 2.03. The van der Waals surface area contributed by atoms with Crippen LogP contribution in [0, 0.1) is 6.92 Å². The fraction of sp³-hybridized carbons (Fsp3) is 0.214. The molecule has 3 rings (SSSR count). The van der Waals surface area contributed by atoms with Gasteiger partial charge in [-0.25, -0.2) is 9.50 Å². The predicted molar refractivity (Wildman–Crippen MR) is 88.5 cm³/mol. The van der Waals surface area contributed by atoms with E-state index in [0.29, 0.717) is 28.6 Å². The lowest BCUT2D eigenvalue weighted by molar-refractivity contribution is 0.181. The minimum Gasteiger partial charge on any atom is -0.378 e. The van der Waals surface area contributed by atoms with Crippen molar-refractivity contribution in [1.82, 2.24) is 19.6 Å². The lowest BCUT2D eigenvalue weighted by atomic mass is 10.2. The molecule has 0 bridgehead atoms. The molecule has 0 radical (unpaired) electrons. The summed E-state index contributed by atoms with van der Waals surface area (Å²) in [5.41, 5.74) is 1.61. The maximum atomic E-state index is 12.5. The molecule has 126 valence electrons. The molecule has 8 nitrogen and oxygen atoms in total. The monoisotopic (exact) mass is 367 g/mol. The van der Waals surface area contributed by atoms with E-state index in [2.05, 4.69) is 19.8 Å². The van der Waals surface area contributed by atoms with Gasteiger partial charge in [-0.1, -0.05) is 23.7 Å². The number of hydrogen-bond donors (Lipinski definition) is 1. The molecule has 0 fully saturated rings. The summed E-state index contributed by atoms with van der Waals surface area (Å²) in [4.78, 5) is 8.16. The van der Waals surface area contributed by atoms with Crippen molar-refractivity contribution < 1.29 is 13.2 Å². The molecule has 0 amide bonds. The van der Waals surface area contributed by atoms with Gasteiger partial charge in [0, 0.05) is 13.3 Å². The number of rotatable bonds is 5. The number of nitrogens with zero attached hydrogens (tertiary/aromatic N) is 4. The number of fused-ring (bicyclic) bond motifs is 1. The van der Waals surface area contributed by atoms with Gasteiger partial charge in [0.05, 0.1) is 23.0 Å². The third-order valence-corrected chi connectivity index (χ3v) is 4.68. The van der Waals surface area contributed by atoms with Crippen LogP contribution in [0.3, 0.4) is 0 Å². The second-order valence-corrected chi connectivity index (χ2v) is 7.01. The number of benzene rings is 1. The van der Waals surface area contributed by atoms with Crippen molar-refractivity contribution in [1.29, 1.82) is 0 Å². The van der Waals surface area contributed by atoms with E-state index in [0.717, 1.165) is 0 Å². The second-order valence-electron chi connectivity index (χ2n) is 5.03. The highest BCUT2D eigenvalue weighted by molar-refractivity contribution is 7.92. The highest BCUT2D eigenvalue weighted by atomic mass is 35.5. The number of anilines is 1. The topological polar surface area (TPSA) is 98.5 Å².